The van der Waals surface area contributed by atoms with E-state index in [0.717, 1.165) is 5.56 Å². The zero-order valence-corrected chi connectivity index (χ0v) is 14.8. The quantitative estimate of drug-likeness (QED) is 0.411. The lowest BCUT2D eigenvalue weighted by Gasteiger charge is -2.09. The van der Waals surface area contributed by atoms with Crippen LogP contribution in [0.2, 0.25) is 0 Å². The lowest BCUT2D eigenvalue weighted by Crippen LogP contribution is -2.05. The summed E-state index contributed by atoms with van der Waals surface area (Å²) in [5, 5.41) is 0.647. The minimum absolute atomic E-state index is 0.306. The van der Waals surface area contributed by atoms with E-state index in [0.29, 0.717) is 28.1 Å². The standard InChI is InChI=1S/C17H17FN4O2S/c1-23-16(24-2)15-21-13(10-4-6-11(18)7-5-10)14(22-15)12-8-9-19-17(20-12)25-3/h4-9,16H,1-3H3,(H,21,22). The molecule has 0 radical (unpaired) electrons. The Morgan fingerprint density at radius 1 is 1.08 bits per heavy atom. The Morgan fingerprint density at radius 3 is 2.44 bits per heavy atom. The van der Waals surface area contributed by atoms with Crippen LogP contribution in [0.15, 0.2) is 41.7 Å². The van der Waals surface area contributed by atoms with Gasteiger partial charge in [0.25, 0.3) is 0 Å². The first-order valence-electron chi connectivity index (χ1n) is 7.45. The number of halogens is 1. The zero-order chi connectivity index (χ0) is 17.8. The van der Waals surface area contributed by atoms with Gasteiger partial charge in [0.1, 0.15) is 5.82 Å². The molecule has 3 rings (SSSR count). The number of methoxy groups -OCH3 is 2. The second-order valence-electron chi connectivity index (χ2n) is 5.08. The molecule has 0 fully saturated rings. The van der Waals surface area contributed by atoms with Crippen LogP contribution in [0, 0.1) is 5.82 Å². The third-order valence-corrected chi connectivity index (χ3v) is 4.13. The fourth-order valence-electron chi connectivity index (χ4n) is 2.40. The van der Waals surface area contributed by atoms with E-state index in [4.69, 9.17) is 9.47 Å². The number of H-pyrrole nitrogens is 1. The van der Waals surface area contributed by atoms with E-state index in [1.165, 1.54) is 38.1 Å². The second-order valence-corrected chi connectivity index (χ2v) is 5.86. The van der Waals surface area contributed by atoms with Crippen LogP contribution in [0.25, 0.3) is 22.6 Å². The van der Waals surface area contributed by atoms with Gasteiger partial charge in [-0.2, -0.15) is 0 Å². The van der Waals surface area contributed by atoms with Crippen LogP contribution in [-0.2, 0) is 9.47 Å². The molecule has 0 aliphatic heterocycles. The van der Waals surface area contributed by atoms with Crippen LogP contribution in [0.4, 0.5) is 4.39 Å². The maximum atomic E-state index is 13.3. The Balaban J connectivity index is 2.15. The third-order valence-electron chi connectivity index (χ3n) is 3.56. The van der Waals surface area contributed by atoms with Crippen molar-refractivity contribution in [3.05, 3.63) is 48.2 Å². The van der Waals surface area contributed by atoms with Gasteiger partial charge in [-0.3, -0.25) is 0 Å². The summed E-state index contributed by atoms with van der Waals surface area (Å²) in [4.78, 5) is 16.5. The topological polar surface area (TPSA) is 72.9 Å². The third kappa shape index (κ3) is 3.71. The number of benzene rings is 1. The van der Waals surface area contributed by atoms with Crippen LogP contribution >= 0.6 is 11.8 Å². The highest BCUT2D eigenvalue weighted by molar-refractivity contribution is 7.98. The molecular weight excluding hydrogens is 343 g/mol. The molecule has 0 atom stereocenters. The van der Waals surface area contributed by atoms with Gasteiger partial charge in [0.2, 0.25) is 6.29 Å². The van der Waals surface area contributed by atoms with Crippen molar-refractivity contribution in [1.82, 2.24) is 19.9 Å². The fourth-order valence-corrected chi connectivity index (χ4v) is 2.76. The number of nitrogens with zero attached hydrogens (tertiary/aromatic N) is 3. The van der Waals surface area contributed by atoms with Crippen molar-refractivity contribution in [1.29, 1.82) is 0 Å². The maximum absolute atomic E-state index is 13.3. The average Bonchev–Trinajstić information content (AvgIpc) is 3.08. The van der Waals surface area contributed by atoms with Crippen molar-refractivity contribution in [2.75, 3.05) is 20.5 Å². The number of rotatable bonds is 6. The lowest BCUT2D eigenvalue weighted by molar-refractivity contribution is -0.111. The molecule has 2 heterocycles. The number of ether oxygens (including phenoxy) is 2. The Labute approximate surface area is 148 Å². The number of hydrogen-bond donors (Lipinski definition) is 1. The summed E-state index contributed by atoms with van der Waals surface area (Å²) in [5.41, 5.74) is 2.77. The first kappa shape index (κ1) is 17.5. The van der Waals surface area contributed by atoms with E-state index >= 15 is 0 Å². The molecule has 6 nitrogen and oxygen atoms in total. The molecule has 3 aromatic rings. The molecule has 0 saturated heterocycles. The average molecular weight is 360 g/mol. The summed E-state index contributed by atoms with van der Waals surface area (Å²) >= 11 is 1.45. The van der Waals surface area contributed by atoms with Crippen molar-refractivity contribution in [2.45, 2.75) is 11.4 Å². The van der Waals surface area contributed by atoms with Crippen LogP contribution in [0.3, 0.4) is 0 Å². The van der Waals surface area contributed by atoms with E-state index in [2.05, 4.69) is 19.9 Å². The molecule has 0 bridgehead atoms. The van der Waals surface area contributed by atoms with E-state index < -0.39 is 6.29 Å². The first-order chi connectivity index (χ1) is 12.2. The highest BCUT2D eigenvalue weighted by Crippen LogP contribution is 2.31. The molecule has 0 aliphatic rings. The van der Waals surface area contributed by atoms with Crippen LogP contribution in [0.1, 0.15) is 12.1 Å². The molecule has 130 valence electrons. The molecule has 0 unspecified atom stereocenters. The van der Waals surface area contributed by atoms with Crippen LogP contribution < -0.4 is 0 Å². The van der Waals surface area contributed by atoms with Crippen molar-refractivity contribution in [2.24, 2.45) is 0 Å². The number of aromatic nitrogens is 4. The Hall–Kier alpha value is -2.29. The predicted octanol–water partition coefficient (Wildman–Crippen LogP) is 3.69. The second kappa shape index (κ2) is 7.73. The number of aromatic amines is 1. The Kier molecular flexibility index (Phi) is 5.42. The fraction of sp³-hybridized carbons (Fsp3) is 0.235. The molecular formula is C17H17FN4O2S. The van der Waals surface area contributed by atoms with Crippen molar-refractivity contribution in [3.63, 3.8) is 0 Å². The Morgan fingerprint density at radius 2 is 1.80 bits per heavy atom. The molecule has 1 aromatic carbocycles. The van der Waals surface area contributed by atoms with Gasteiger partial charge in [-0.1, -0.05) is 11.8 Å². The number of imidazole rings is 1. The molecule has 25 heavy (non-hydrogen) atoms. The van der Waals surface area contributed by atoms with Crippen molar-refractivity contribution < 1.29 is 13.9 Å². The molecule has 0 aliphatic carbocycles. The highest BCUT2D eigenvalue weighted by Gasteiger charge is 2.21. The van der Waals surface area contributed by atoms with Gasteiger partial charge in [0.15, 0.2) is 11.0 Å². The molecule has 8 heteroatoms. The Bertz CT molecular complexity index is 850. The lowest BCUT2D eigenvalue weighted by atomic mass is 10.1. The van der Waals surface area contributed by atoms with Gasteiger partial charge >= 0.3 is 0 Å². The number of thioether (sulfide) groups is 1. The first-order valence-corrected chi connectivity index (χ1v) is 8.67. The smallest absolute Gasteiger partial charge is 0.216 e. The highest BCUT2D eigenvalue weighted by atomic mass is 32.2. The summed E-state index contributed by atoms with van der Waals surface area (Å²) in [7, 11) is 3.06. The van der Waals surface area contributed by atoms with Gasteiger partial charge in [0, 0.05) is 26.0 Å². The molecule has 2 aromatic heterocycles. The summed E-state index contributed by atoms with van der Waals surface area (Å²) in [6, 6.07) is 7.92. The SMILES string of the molecule is COC(OC)c1nc(-c2ccc(F)cc2)c(-c2ccnc(SC)n2)[nH]1. The number of hydrogen-bond acceptors (Lipinski definition) is 6. The summed E-state index contributed by atoms with van der Waals surface area (Å²) in [6.45, 7) is 0. The summed E-state index contributed by atoms with van der Waals surface area (Å²) in [6.07, 6.45) is 2.95. The van der Waals surface area contributed by atoms with E-state index in [-0.39, 0.29) is 5.82 Å². The van der Waals surface area contributed by atoms with Crippen LogP contribution in [-0.4, -0.2) is 40.4 Å². The van der Waals surface area contributed by atoms with Gasteiger partial charge in [-0.05, 0) is 36.6 Å². The van der Waals surface area contributed by atoms with E-state index in [1.807, 2.05) is 6.26 Å². The monoisotopic (exact) mass is 360 g/mol. The largest absolute Gasteiger partial charge is 0.349 e. The molecule has 1 N–H and O–H groups in total. The summed E-state index contributed by atoms with van der Waals surface area (Å²) < 4.78 is 23.8. The maximum Gasteiger partial charge on any atom is 0.216 e. The van der Waals surface area contributed by atoms with Gasteiger partial charge in [-0.25, -0.2) is 19.3 Å². The van der Waals surface area contributed by atoms with Gasteiger partial charge in [-0.15, -0.1) is 0 Å². The predicted molar refractivity (Wildman–Crippen MR) is 93.5 cm³/mol. The van der Waals surface area contributed by atoms with Crippen molar-refractivity contribution >= 4 is 11.8 Å². The normalized spacial score (nSPS) is 11.2. The van der Waals surface area contributed by atoms with E-state index in [9.17, 15) is 4.39 Å². The molecule has 0 saturated carbocycles. The minimum atomic E-state index is -0.644. The van der Waals surface area contributed by atoms with E-state index in [1.54, 1.807) is 24.4 Å². The number of nitrogens with one attached hydrogen (secondary N) is 1. The summed E-state index contributed by atoms with van der Waals surface area (Å²) in [5.74, 6) is 0.197. The minimum Gasteiger partial charge on any atom is -0.349 e. The van der Waals surface area contributed by atoms with Crippen LogP contribution in [0.5, 0.6) is 0 Å². The van der Waals surface area contributed by atoms with Gasteiger partial charge < -0.3 is 14.5 Å². The zero-order valence-electron chi connectivity index (χ0n) is 14.0. The molecule has 0 amide bonds. The molecule has 0 spiro atoms. The van der Waals surface area contributed by atoms with Gasteiger partial charge in [0.05, 0.1) is 17.1 Å². The van der Waals surface area contributed by atoms with Crippen molar-refractivity contribution in [3.8, 4) is 22.6 Å².